The number of anilines is 1. The van der Waals surface area contributed by atoms with Gasteiger partial charge in [0.15, 0.2) is 0 Å². The summed E-state index contributed by atoms with van der Waals surface area (Å²) in [6.07, 6.45) is 16.3. The number of allylic oxidation sites excluding steroid dienone is 5. The molecule has 5 nitrogen and oxygen atoms in total. The summed E-state index contributed by atoms with van der Waals surface area (Å²) in [5.41, 5.74) is 22.7. The van der Waals surface area contributed by atoms with Crippen LogP contribution in [0.2, 0.25) is 0 Å². The Kier molecular flexibility index (Phi) is 8.75. The van der Waals surface area contributed by atoms with Crippen LogP contribution in [-0.4, -0.2) is 19.2 Å². The predicted octanol–water partition coefficient (Wildman–Crippen LogP) is 7.34. The second-order valence-corrected chi connectivity index (χ2v) is 12.4. The number of fused-ring (bicyclic) bond motifs is 3. The fourth-order valence-corrected chi connectivity index (χ4v) is 6.84. The van der Waals surface area contributed by atoms with Crippen molar-refractivity contribution in [2.24, 2.45) is 11.5 Å². The highest BCUT2D eigenvalue weighted by Gasteiger charge is 2.36. The second kappa shape index (κ2) is 13.1. The zero-order valence-corrected chi connectivity index (χ0v) is 27.5. The van der Waals surface area contributed by atoms with Crippen molar-refractivity contribution in [3.8, 4) is 0 Å². The minimum atomic E-state index is -0.243. The van der Waals surface area contributed by atoms with Crippen LogP contribution in [0, 0.1) is 0 Å². The Morgan fingerprint density at radius 1 is 0.830 bits per heavy atom. The summed E-state index contributed by atoms with van der Waals surface area (Å²) in [4.78, 5) is 5.61. The van der Waals surface area contributed by atoms with E-state index >= 15 is 0 Å². The highest BCUT2D eigenvalue weighted by atomic mass is 16.7. The Balaban J connectivity index is 1.67. The minimum Gasteiger partial charge on any atom is -0.405 e. The van der Waals surface area contributed by atoms with Crippen molar-refractivity contribution in [3.05, 3.63) is 166 Å². The summed E-state index contributed by atoms with van der Waals surface area (Å²) >= 11 is 0. The Morgan fingerprint density at radius 2 is 1.53 bits per heavy atom. The van der Waals surface area contributed by atoms with E-state index in [1.807, 2.05) is 31.3 Å². The molecular formula is C42H42N4O. The molecule has 4 aromatic carbocycles. The largest absolute Gasteiger partial charge is 0.405 e. The highest BCUT2D eigenvalue weighted by Crippen LogP contribution is 2.46. The van der Waals surface area contributed by atoms with E-state index in [-0.39, 0.29) is 5.41 Å². The minimum absolute atomic E-state index is 0.243. The number of rotatable bonds is 9. The molecule has 0 radical (unpaired) electrons. The molecule has 47 heavy (non-hydrogen) atoms. The van der Waals surface area contributed by atoms with E-state index in [4.69, 9.17) is 16.3 Å². The van der Waals surface area contributed by atoms with E-state index < -0.39 is 0 Å². The Hall–Kier alpha value is -5.52. The lowest BCUT2D eigenvalue weighted by Gasteiger charge is -2.26. The van der Waals surface area contributed by atoms with Crippen molar-refractivity contribution in [1.29, 1.82) is 0 Å². The first kappa shape index (κ1) is 31.5. The lowest BCUT2D eigenvalue weighted by molar-refractivity contribution is -0.0650. The third-order valence-electron chi connectivity index (χ3n) is 9.25. The maximum absolute atomic E-state index is 6.01. The number of nitrogens with one attached hydrogen (secondary N) is 1. The van der Waals surface area contributed by atoms with Crippen molar-refractivity contribution < 1.29 is 4.84 Å². The van der Waals surface area contributed by atoms with Crippen molar-refractivity contribution in [2.75, 3.05) is 19.5 Å². The van der Waals surface area contributed by atoms with E-state index in [1.54, 1.807) is 24.6 Å². The van der Waals surface area contributed by atoms with Crippen LogP contribution >= 0.6 is 0 Å². The molecule has 2 aliphatic carbocycles. The fourth-order valence-electron chi connectivity index (χ4n) is 6.84. The zero-order chi connectivity index (χ0) is 33.1. The molecular weight excluding hydrogens is 576 g/mol. The molecule has 0 saturated carbocycles. The number of hydrogen-bond donors (Lipinski definition) is 3. The quantitative estimate of drug-likeness (QED) is 0.171. The summed E-state index contributed by atoms with van der Waals surface area (Å²) in [5.74, 6) is 0. The molecule has 0 spiro atoms. The van der Waals surface area contributed by atoms with Gasteiger partial charge in [-0.25, -0.2) is 0 Å². The van der Waals surface area contributed by atoms with Crippen LogP contribution in [-0.2, 0) is 10.3 Å². The van der Waals surface area contributed by atoms with Gasteiger partial charge >= 0.3 is 0 Å². The Bertz CT molecular complexity index is 2160. The summed E-state index contributed by atoms with van der Waals surface area (Å²) < 4.78 is 0. The van der Waals surface area contributed by atoms with E-state index in [1.165, 1.54) is 27.1 Å². The molecule has 0 unspecified atom stereocenters. The summed E-state index contributed by atoms with van der Waals surface area (Å²) in [6.45, 7) is 8.72. The average molecular weight is 619 g/mol. The molecule has 0 bridgehead atoms. The molecule has 0 fully saturated rings. The molecule has 0 aromatic heterocycles. The topological polar surface area (TPSA) is 76.5 Å². The Morgan fingerprint density at radius 3 is 2.23 bits per heavy atom. The lowest BCUT2D eigenvalue weighted by atomic mass is 9.80. The molecule has 2 aliphatic rings. The summed E-state index contributed by atoms with van der Waals surface area (Å²) in [7, 11) is 3.59. The first-order chi connectivity index (χ1) is 22.8. The predicted molar refractivity (Wildman–Crippen MR) is 200 cm³/mol. The zero-order valence-electron chi connectivity index (χ0n) is 27.5. The van der Waals surface area contributed by atoms with Gasteiger partial charge < -0.3 is 16.8 Å². The van der Waals surface area contributed by atoms with Gasteiger partial charge in [0.1, 0.15) is 0 Å². The molecule has 0 atom stereocenters. The first-order valence-corrected chi connectivity index (χ1v) is 15.9. The van der Waals surface area contributed by atoms with E-state index in [9.17, 15) is 0 Å². The third kappa shape index (κ3) is 5.94. The van der Waals surface area contributed by atoms with Gasteiger partial charge in [-0.3, -0.25) is 9.90 Å². The van der Waals surface area contributed by atoms with Gasteiger partial charge in [0, 0.05) is 36.0 Å². The standard InChI is InChI=1S/C42H42N4O/c1-6-39-35(20-22-44)37-25-38-36(26-40(37)42(39,2)3)32(16-15-28-11-7-8-13-30(28)19-21-43)23-33(27-46(4)47-5)41(38)45-34-18-17-29-12-9-10-14-31(29)24-34/h6-22,24-27,45H,1,23,43-44H2,2-5H3/b16-15-,21-19+,22-20-,33-27-. The number of nitrogens with two attached hydrogens (primary N) is 2. The van der Waals surface area contributed by atoms with Crippen LogP contribution in [0.1, 0.15) is 42.5 Å². The maximum atomic E-state index is 6.01. The van der Waals surface area contributed by atoms with Gasteiger partial charge in [0.2, 0.25) is 0 Å². The van der Waals surface area contributed by atoms with Gasteiger partial charge in [-0.1, -0.05) is 93.3 Å². The normalized spacial score (nSPS) is 16.6. The Labute approximate surface area is 277 Å². The van der Waals surface area contributed by atoms with Crippen molar-refractivity contribution in [2.45, 2.75) is 25.7 Å². The van der Waals surface area contributed by atoms with Crippen LogP contribution in [0.15, 0.2) is 133 Å². The maximum Gasteiger partial charge on any atom is 0.0638 e. The van der Waals surface area contributed by atoms with Gasteiger partial charge in [0.25, 0.3) is 0 Å². The van der Waals surface area contributed by atoms with E-state index in [0.29, 0.717) is 6.42 Å². The SMILES string of the molecule is C=CC1=C(/C=C\N)c2cc3c(cc2C1(C)C)=C(/C=C\c1ccccc1/C=C/N)C/C(=C/N(C)OC)C=3Nc1ccc2ccccc2c1. The number of hydrogen-bond acceptors (Lipinski definition) is 5. The molecule has 0 aliphatic heterocycles. The smallest absolute Gasteiger partial charge is 0.0638 e. The van der Waals surface area contributed by atoms with Crippen LogP contribution in [0.5, 0.6) is 0 Å². The van der Waals surface area contributed by atoms with E-state index in [0.717, 1.165) is 50.0 Å². The van der Waals surface area contributed by atoms with E-state index in [2.05, 4.69) is 117 Å². The van der Waals surface area contributed by atoms with Crippen molar-refractivity contribution in [1.82, 2.24) is 5.06 Å². The number of nitrogens with zero attached hydrogens (tertiary/aromatic N) is 1. The average Bonchev–Trinajstić information content (AvgIpc) is 3.29. The van der Waals surface area contributed by atoms with Crippen LogP contribution in [0.25, 0.3) is 39.8 Å². The molecule has 5 heteroatoms. The fraction of sp³-hybridized carbons (Fsp3) is 0.143. The lowest BCUT2D eigenvalue weighted by Crippen LogP contribution is -2.37. The van der Waals surface area contributed by atoms with Crippen LogP contribution in [0.3, 0.4) is 0 Å². The molecule has 236 valence electrons. The second-order valence-electron chi connectivity index (χ2n) is 12.4. The van der Waals surface area contributed by atoms with Gasteiger partial charge in [-0.15, -0.1) is 0 Å². The summed E-state index contributed by atoms with van der Waals surface area (Å²) in [5, 5.41) is 10.3. The number of hydroxylamine groups is 2. The molecule has 0 saturated heterocycles. The number of benzene rings is 4. The summed E-state index contributed by atoms with van der Waals surface area (Å²) in [6, 6.07) is 27.9. The third-order valence-corrected chi connectivity index (χ3v) is 9.25. The van der Waals surface area contributed by atoms with Crippen molar-refractivity contribution >= 4 is 45.5 Å². The molecule has 0 heterocycles. The molecule has 4 aromatic rings. The van der Waals surface area contributed by atoms with Crippen LogP contribution < -0.4 is 27.2 Å². The van der Waals surface area contributed by atoms with Crippen molar-refractivity contribution in [3.63, 3.8) is 0 Å². The van der Waals surface area contributed by atoms with Gasteiger partial charge in [0.05, 0.1) is 12.8 Å². The molecule has 0 amide bonds. The molecule has 5 N–H and O–H groups in total. The van der Waals surface area contributed by atoms with Crippen LogP contribution in [0.4, 0.5) is 5.69 Å². The van der Waals surface area contributed by atoms with Gasteiger partial charge in [-0.2, -0.15) is 0 Å². The highest BCUT2D eigenvalue weighted by molar-refractivity contribution is 5.92. The monoisotopic (exact) mass is 618 g/mol. The first-order valence-electron chi connectivity index (χ1n) is 15.9. The molecule has 6 rings (SSSR count). The van der Waals surface area contributed by atoms with Gasteiger partial charge in [-0.05, 0) is 109 Å².